The fraction of sp³-hybridized carbons (Fsp3) is 0.273. The predicted molar refractivity (Wildman–Crippen MR) is 111 cm³/mol. The molecular weight excluding hydrogens is 405 g/mol. The molecule has 0 radical (unpaired) electrons. The summed E-state index contributed by atoms with van der Waals surface area (Å²) in [5.74, 6) is -1.04. The van der Waals surface area contributed by atoms with E-state index in [0.29, 0.717) is 42.5 Å². The number of nitrogens with one attached hydrogen (secondary N) is 1. The Kier molecular flexibility index (Phi) is 5.19. The number of primary amides is 1. The van der Waals surface area contributed by atoms with E-state index in [1.165, 1.54) is 18.3 Å². The number of H-pyrrole nitrogens is 1. The SMILES string of the molecule is Cc1ccc(S(=O)(=O)c2c[nH+]c3ccc(F)cc3c2N2CCC(C(N)=O)CC2)cc1. The molecular formula is C22H23FN3O3S+. The number of aryl methyl sites for hydroxylation is 1. The first-order valence-corrected chi connectivity index (χ1v) is 11.3. The van der Waals surface area contributed by atoms with Gasteiger partial charge in [-0.2, -0.15) is 0 Å². The van der Waals surface area contributed by atoms with Crippen molar-refractivity contribution in [1.29, 1.82) is 0 Å². The Morgan fingerprint density at radius 3 is 2.43 bits per heavy atom. The third-order valence-corrected chi connectivity index (χ3v) is 7.45. The number of rotatable bonds is 4. The number of hydrogen-bond acceptors (Lipinski definition) is 4. The zero-order valence-electron chi connectivity index (χ0n) is 16.6. The molecule has 1 amide bonds. The minimum Gasteiger partial charge on any atom is -0.370 e. The van der Waals surface area contributed by atoms with Crippen molar-refractivity contribution in [3.63, 3.8) is 0 Å². The minimum absolute atomic E-state index is 0.0852. The normalized spacial score (nSPS) is 15.5. The summed E-state index contributed by atoms with van der Waals surface area (Å²) in [5.41, 5.74) is 7.48. The van der Waals surface area contributed by atoms with E-state index in [1.807, 2.05) is 11.8 Å². The maximum Gasteiger partial charge on any atom is 0.220 e. The second-order valence-corrected chi connectivity index (χ2v) is 9.59. The Morgan fingerprint density at radius 2 is 1.80 bits per heavy atom. The average molecular weight is 429 g/mol. The van der Waals surface area contributed by atoms with Gasteiger partial charge in [-0.25, -0.2) is 17.8 Å². The number of hydrogen-bond donors (Lipinski definition) is 1. The van der Waals surface area contributed by atoms with E-state index in [9.17, 15) is 17.6 Å². The van der Waals surface area contributed by atoms with Crippen molar-refractivity contribution in [1.82, 2.24) is 0 Å². The van der Waals surface area contributed by atoms with Crippen molar-refractivity contribution in [2.24, 2.45) is 11.7 Å². The quantitative estimate of drug-likeness (QED) is 0.691. The highest BCUT2D eigenvalue weighted by molar-refractivity contribution is 7.91. The van der Waals surface area contributed by atoms with Crippen LogP contribution in [-0.2, 0) is 14.6 Å². The van der Waals surface area contributed by atoms with Crippen molar-refractivity contribution >= 4 is 32.3 Å². The van der Waals surface area contributed by atoms with Crippen LogP contribution < -0.4 is 15.6 Å². The van der Waals surface area contributed by atoms with Crippen LogP contribution >= 0.6 is 0 Å². The van der Waals surface area contributed by atoms with Crippen molar-refractivity contribution in [2.45, 2.75) is 29.6 Å². The maximum atomic E-state index is 14.1. The first-order chi connectivity index (χ1) is 14.3. The number of nitrogens with zero attached hydrogens (tertiary/aromatic N) is 1. The second kappa shape index (κ2) is 7.68. The van der Waals surface area contributed by atoms with E-state index in [4.69, 9.17) is 5.73 Å². The zero-order chi connectivity index (χ0) is 21.5. The first kappa shape index (κ1) is 20.3. The van der Waals surface area contributed by atoms with Crippen molar-refractivity contribution in [3.8, 4) is 0 Å². The van der Waals surface area contributed by atoms with Crippen molar-refractivity contribution in [2.75, 3.05) is 18.0 Å². The van der Waals surface area contributed by atoms with E-state index < -0.39 is 15.7 Å². The maximum absolute atomic E-state index is 14.1. The van der Waals surface area contributed by atoms with Gasteiger partial charge in [0.15, 0.2) is 11.1 Å². The predicted octanol–water partition coefficient (Wildman–Crippen LogP) is 2.64. The van der Waals surface area contributed by atoms with Crippen LogP contribution in [0.25, 0.3) is 10.9 Å². The summed E-state index contributed by atoms with van der Waals surface area (Å²) >= 11 is 0. The molecule has 156 valence electrons. The lowest BCUT2D eigenvalue weighted by Gasteiger charge is -2.33. The highest BCUT2D eigenvalue weighted by Crippen LogP contribution is 2.37. The molecule has 8 heteroatoms. The number of benzene rings is 2. The van der Waals surface area contributed by atoms with Gasteiger partial charge < -0.3 is 10.6 Å². The molecule has 1 aliphatic rings. The third kappa shape index (κ3) is 3.63. The van der Waals surface area contributed by atoms with E-state index >= 15 is 0 Å². The Morgan fingerprint density at radius 1 is 1.13 bits per heavy atom. The standard InChI is InChI=1S/C22H22FN3O3S/c1-14-2-5-17(6-3-14)30(28,29)20-13-25-19-7-4-16(23)12-18(19)21(20)26-10-8-15(9-11-26)22(24)27/h2-7,12-13,15H,8-11H2,1H3,(H2,24,27)/p+1. The molecule has 0 spiro atoms. The molecule has 0 saturated carbocycles. The lowest BCUT2D eigenvalue weighted by molar-refractivity contribution is -0.347. The van der Waals surface area contributed by atoms with Gasteiger partial charge >= 0.3 is 0 Å². The van der Waals surface area contributed by atoms with Gasteiger partial charge in [0.05, 0.1) is 16.0 Å². The first-order valence-electron chi connectivity index (χ1n) is 9.77. The summed E-state index contributed by atoms with van der Waals surface area (Å²) in [4.78, 5) is 16.7. The fourth-order valence-electron chi connectivity index (χ4n) is 3.95. The summed E-state index contributed by atoms with van der Waals surface area (Å²) in [6.07, 6.45) is 2.51. The van der Waals surface area contributed by atoms with E-state index in [0.717, 1.165) is 5.56 Å². The highest BCUT2D eigenvalue weighted by Gasteiger charge is 2.32. The topological polar surface area (TPSA) is 94.6 Å². The zero-order valence-corrected chi connectivity index (χ0v) is 17.4. The summed E-state index contributed by atoms with van der Waals surface area (Å²) in [6.45, 7) is 2.80. The van der Waals surface area contributed by atoms with Gasteiger partial charge in [0, 0.05) is 25.1 Å². The molecule has 30 heavy (non-hydrogen) atoms. The average Bonchev–Trinajstić information content (AvgIpc) is 2.73. The lowest BCUT2D eigenvalue weighted by Crippen LogP contribution is -2.39. The number of carbonyl (C=O) groups excluding carboxylic acids is 1. The molecule has 3 N–H and O–H groups in total. The molecule has 3 aromatic rings. The third-order valence-electron chi connectivity index (χ3n) is 5.66. The number of fused-ring (bicyclic) bond motifs is 1. The number of anilines is 1. The fourth-order valence-corrected chi connectivity index (χ4v) is 5.40. The van der Waals surface area contributed by atoms with Crippen molar-refractivity contribution in [3.05, 3.63) is 60.0 Å². The number of sulfone groups is 1. The summed E-state index contributed by atoms with van der Waals surface area (Å²) < 4.78 is 41.1. The Balaban J connectivity index is 1.89. The number of piperidine rings is 1. The molecule has 4 rings (SSSR count). The van der Waals surface area contributed by atoms with Gasteiger partial charge in [-0.15, -0.1) is 0 Å². The van der Waals surface area contributed by atoms with Crippen LogP contribution in [-0.4, -0.2) is 27.4 Å². The molecule has 1 saturated heterocycles. The van der Waals surface area contributed by atoms with Gasteiger partial charge in [-0.3, -0.25) is 4.79 Å². The van der Waals surface area contributed by atoms with Crippen LogP contribution in [0.5, 0.6) is 0 Å². The molecule has 0 atom stereocenters. The van der Waals surface area contributed by atoms with E-state index in [1.54, 1.807) is 30.3 Å². The molecule has 1 fully saturated rings. The Labute approximate surface area is 174 Å². The van der Waals surface area contributed by atoms with Crippen LogP contribution in [0.3, 0.4) is 0 Å². The van der Waals surface area contributed by atoms with E-state index in [2.05, 4.69) is 4.98 Å². The number of amides is 1. The summed E-state index contributed by atoms with van der Waals surface area (Å²) in [5, 5.41) is 0.487. The molecule has 0 aliphatic carbocycles. The minimum atomic E-state index is -3.86. The molecule has 2 heterocycles. The van der Waals surface area contributed by atoms with E-state index in [-0.39, 0.29) is 21.6 Å². The smallest absolute Gasteiger partial charge is 0.220 e. The van der Waals surface area contributed by atoms with Gasteiger partial charge in [0.25, 0.3) is 0 Å². The highest BCUT2D eigenvalue weighted by atomic mass is 32.2. The van der Waals surface area contributed by atoms with Gasteiger partial charge in [0.1, 0.15) is 5.82 Å². The molecule has 0 bridgehead atoms. The molecule has 1 aromatic heterocycles. The molecule has 0 unspecified atom stereocenters. The van der Waals surface area contributed by atoms with Crippen LogP contribution in [0, 0.1) is 18.7 Å². The van der Waals surface area contributed by atoms with Crippen LogP contribution in [0.2, 0.25) is 0 Å². The Bertz CT molecular complexity index is 1220. The molecule has 2 aromatic carbocycles. The van der Waals surface area contributed by atoms with Gasteiger partial charge in [-0.1, -0.05) is 17.7 Å². The van der Waals surface area contributed by atoms with Gasteiger partial charge in [-0.05, 0) is 44.0 Å². The number of halogens is 1. The molecule has 1 aliphatic heterocycles. The monoisotopic (exact) mass is 428 g/mol. The Hall–Kier alpha value is -3.00. The number of aromatic amines is 1. The van der Waals surface area contributed by atoms with Crippen LogP contribution in [0.1, 0.15) is 18.4 Å². The number of nitrogens with two attached hydrogens (primary N) is 1. The summed E-state index contributed by atoms with van der Waals surface area (Å²) in [6, 6.07) is 10.9. The van der Waals surface area contributed by atoms with Crippen molar-refractivity contribution < 1.29 is 22.6 Å². The second-order valence-electron chi connectivity index (χ2n) is 7.67. The summed E-state index contributed by atoms with van der Waals surface area (Å²) in [7, 11) is -3.86. The largest absolute Gasteiger partial charge is 0.370 e. The lowest BCUT2D eigenvalue weighted by atomic mass is 9.95. The van der Waals surface area contributed by atoms with Crippen LogP contribution in [0.4, 0.5) is 10.1 Å². The number of aromatic nitrogens is 1. The molecule has 6 nitrogen and oxygen atoms in total. The van der Waals surface area contributed by atoms with Crippen LogP contribution in [0.15, 0.2) is 58.5 Å². The number of pyridine rings is 1. The number of carbonyl (C=O) groups is 1. The van der Waals surface area contributed by atoms with Gasteiger partial charge in [0.2, 0.25) is 21.3 Å².